The van der Waals surface area contributed by atoms with E-state index in [-0.39, 0.29) is 0 Å². The molecule has 0 aromatic carbocycles. The van der Waals surface area contributed by atoms with Crippen LogP contribution in [0.4, 0.5) is 0 Å². The van der Waals surface area contributed by atoms with E-state index in [9.17, 15) is 0 Å². The van der Waals surface area contributed by atoms with Crippen LogP contribution in [-0.2, 0) is 6.54 Å². The maximum atomic E-state index is 6.00. The number of methoxy groups -OCH3 is 1. The molecule has 1 aliphatic heterocycles. The summed E-state index contributed by atoms with van der Waals surface area (Å²) in [7, 11) is 1.61. The van der Waals surface area contributed by atoms with Crippen molar-refractivity contribution in [1.82, 2.24) is 9.88 Å². The third-order valence-electron chi connectivity index (χ3n) is 3.11. The number of nitrogens with two attached hydrogens (primary N) is 1. The van der Waals surface area contributed by atoms with Crippen molar-refractivity contribution in [3.8, 4) is 5.88 Å². The molecule has 1 aliphatic rings. The molecule has 0 radical (unpaired) electrons. The summed E-state index contributed by atoms with van der Waals surface area (Å²) >= 11 is 0. The third-order valence-corrected chi connectivity index (χ3v) is 3.11. The van der Waals surface area contributed by atoms with Gasteiger partial charge in [-0.05, 0) is 30.9 Å². The van der Waals surface area contributed by atoms with Crippen molar-refractivity contribution in [2.75, 3.05) is 20.2 Å². The number of hydrogen-bond donors (Lipinski definition) is 1. The van der Waals surface area contributed by atoms with Crippen molar-refractivity contribution in [3.63, 3.8) is 0 Å². The van der Waals surface area contributed by atoms with E-state index in [1.54, 1.807) is 13.3 Å². The van der Waals surface area contributed by atoms with Gasteiger partial charge in [0, 0.05) is 25.4 Å². The standard InChI is InChI=1S/C13H20N4O/c1-18-12-9-11(5-6-15-12)10-16-13(14)17-7-3-2-4-8-17/h5-6,9H,2-4,7-8,10H2,1H3,(H2,14,16). The summed E-state index contributed by atoms with van der Waals surface area (Å²) < 4.78 is 5.08. The predicted octanol–water partition coefficient (Wildman–Crippen LogP) is 1.39. The summed E-state index contributed by atoms with van der Waals surface area (Å²) in [6.45, 7) is 2.62. The van der Waals surface area contributed by atoms with Crippen LogP contribution in [0.15, 0.2) is 23.3 Å². The molecule has 1 saturated heterocycles. The second-order valence-electron chi connectivity index (χ2n) is 4.43. The van der Waals surface area contributed by atoms with E-state index in [0.717, 1.165) is 18.7 Å². The first-order valence-corrected chi connectivity index (χ1v) is 6.33. The van der Waals surface area contributed by atoms with Crippen LogP contribution in [0.2, 0.25) is 0 Å². The minimum atomic E-state index is 0.571. The van der Waals surface area contributed by atoms with Crippen LogP contribution in [0.3, 0.4) is 0 Å². The number of pyridine rings is 1. The topological polar surface area (TPSA) is 63.7 Å². The van der Waals surface area contributed by atoms with E-state index >= 15 is 0 Å². The number of aliphatic imine (C=N–C) groups is 1. The van der Waals surface area contributed by atoms with Crippen molar-refractivity contribution < 1.29 is 4.74 Å². The molecule has 5 nitrogen and oxygen atoms in total. The molecule has 0 amide bonds. The van der Waals surface area contributed by atoms with Gasteiger partial charge in [-0.25, -0.2) is 9.98 Å². The second kappa shape index (κ2) is 6.23. The predicted molar refractivity (Wildman–Crippen MR) is 71.5 cm³/mol. The largest absolute Gasteiger partial charge is 0.481 e. The lowest BCUT2D eigenvalue weighted by Crippen LogP contribution is -2.40. The summed E-state index contributed by atoms with van der Waals surface area (Å²) in [4.78, 5) is 10.6. The van der Waals surface area contributed by atoms with Gasteiger partial charge in [0.2, 0.25) is 5.88 Å². The van der Waals surface area contributed by atoms with Gasteiger partial charge in [0.1, 0.15) is 0 Å². The highest BCUT2D eigenvalue weighted by molar-refractivity contribution is 5.78. The van der Waals surface area contributed by atoms with Crippen LogP contribution < -0.4 is 10.5 Å². The molecule has 2 N–H and O–H groups in total. The number of piperidine rings is 1. The summed E-state index contributed by atoms with van der Waals surface area (Å²) in [6, 6.07) is 3.81. The molecule has 2 heterocycles. The summed E-state index contributed by atoms with van der Waals surface area (Å²) in [5, 5.41) is 0. The quantitative estimate of drug-likeness (QED) is 0.648. The van der Waals surface area contributed by atoms with Crippen LogP contribution >= 0.6 is 0 Å². The van der Waals surface area contributed by atoms with Crippen LogP contribution in [0.1, 0.15) is 24.8 Å². The number of nitrogens with zero attached hydrogens (tertiary/aromatic N) is 3. The molecule has 1 fully saturated rings. The van der Waals surface area contributed by atoms with Crippen molar-refractivity contribution in [1.29, 1.82) is 0 Å². The SMILES string of the molecule is COc1cc(CN=C(N)N2CCCCC2)ccn1. The Morgan fingerprint density at radius 2 is 2.22 bits per heavy atom. The maximum absolute atomic E-state index is 6.00. The summed E-state index contributed by atoms with van der Waals surface area (Å²) in [5.74, 6) is 1.25. The minimum absolute atomic E-state index is 0.571. The monoisotopic (exact) mass is 248 g/mol. The van der Waals surface area contributed by atoms with Crippen LogP contribution in [0.25, 0.3) is 0 Å². The van der Waals surface area contributed by atoms with Crippen molar-refractivity contribution in [3.05, 3.63) is 23.9 Å². The number of likely N-dealkylation sites (tertiary alicyclic amines) is 1. The third kappa shape index (κ3) is 3.35. The fourth-order valence-electron chi connectivity index (χ4n) is 2.06. The van der Waals surface area contributed by atoms with Crippen LogP contribution in [-0.4, -0.2) is 36.0 Å². The van der Waals surface area contributed by atoms with E-state index in [2.05, 4.69) is 14.9 Å². The Hall–Kier alpha value is -1.78. The Bertz CT molecular complexity index is 413. The molecule has 0 aliphatic carbocycles. The number of ether oxygens (including phenoxy) is 1. The maximum Gasteiger partial charge on any atom is 0.213 e. The lowest BCUT2D eigenvalue weighted by Gasteiger charge is -2.27. The molecule has 98 valence electrons. The molecular formula is C13H20N4O. The van der Waals surface area contributed by atoms with E-state index in [0.29, 0.717) is 18.4 Å². The Morgan fingerprint density at radius 3 is 2.94 bits per heavy atom. The van der Waals surface area contributed by atoms with Gasteiger partial charge in [-0.3, -0.25) is 0 Å². The van der Waals surface area contributed by atoms with E-state index in [1.165, 1.54) is 19.3 Å². The number of guanidine groups is 1. The van der Waals surface area contributed by atoms with Gasteiger partial charge in [0.05, 0.1) is 13.7 Å². The lowest BCUT2D eigenvalue weighted by atomic mass is 10.1. The van der Waals surface area contributed by atoms with Crippen molar-refractivity contribution >= 4 is 5.96 Å². The summed E-state index contributed by atoms with van der Waals surface area (Å²) in [6.07, 6.45) is 5.44. The fraction of sp³-hybridized carbons (Fsp3) is 0.538. The molecule has 1 aromatic rings. The zero-order valence-corrected chi connectivity index (χ0v) is 10.8. The zero-order chi connectivity index (χ0) is 12.8. The van der Waals surface area contributed by atoms with Gasteiger partial charge >= 0.3 is 0 Å². The second-order valence-corrected chi connectivity index (χ2v) is 4.43. The Balaban J connectivity index is 1.95. The normalized spacial score (nSPS) is 16.7. The van der Waals surface area contributed by atoms with E-state index in [1.807, 2.05) is 12.1 Å². The Kier molecular flexibility index (Phi) is 4.39. The molecule has 0 unspecified atom stereocenters. The lowest BCUT2D eigenvalue weighted by molar-refractivity contribution is 0.338. The summed E-state index contributed by atoms with van der Waals surface area (Å²) in [5.41, 5.74) is 7.05. The number of aromatic nitrogens is 1. The highest BCUT2D eigenvalue weighted by Gasteiger charge is 2.11. The molecule has 0 atom stereocenters. The number of rotatable bonds is 3. The van der Waals surface area contributed by atoms with Gasteiger partial charge in [-0.1, -0.05) is 0 Å². The fourth-order valence-corrected chi connectivity index (χ4v) is 2.06. The van der Waals surface area contributed by atoms with E-state index in [4.69, 9.17) is 10.5 Å². The van der Waals surface area contributed by atoms with Crippen molar-refractivity contribution in [2.24, 2.45) is 10.7 Å². The molecule has 0 saturated carbocycles. The highest BCUT2D eigenvalue weighted by atomic mass is 16.5. The van der Waals surface area contributed by atoms with Crippen LogP contribution in [0.5, 0.6) is 5.88 Å². The van der Waals surface area contributed by atoms with E-state index < -0.39 is 0 Å². The van der Waals surface area contributed by atoms with Gasteiger partial charge in [-0.15, -0.1) is 0 Å². The first kappa shape index (κ1) is 12.7. The Morgan fingerprint density at radius 1 is 1.44 bits per heavy atom. The molecule has 1 aromatic heterocycles. The smallest absolute Gasteiger partial charge is 0.213 e. The first-order chi connectivity index (χ1) is 8.79. The average molecular weight is 248 g/mol. The van der Waals surface area contributed by atoms with Gasteiger partial charge in [0.25, 0.3) is 0 Å². The molecule has 5 heteroatoms. The molecule has 0 spiro atoms. The average Bonchev–Trinajstić information content (AvgIpc) is 2.46. The van der Waals surface area contributed by atoms with Gasteiger partial charge in [-0.2, -0.15) is 0 Å². The molecular weight excluding hydrogens is 228 g/mol. The van der Waals surface area contributed by atoms with Gasteiger partial charge < -0.3 is 15.4 Å². The van der Waals surface area contributed by atoms with Crippen LogP contribution in [0, 0.1) is 0 Å². The highest BCUT2D eigenvalue weighted by Crippen LogP contribution is 2.11. The first-order valence-electron chi connectivity index (χ1n) is 6.33. The molecule has 18 heavy (non-hydrogen) atoms. The van der Waals surface area contributed by atoms with Gasteiger partial charge in [0.15, 0.2) is 5.96 Å². The molecule has 0 bridgehead atoms. The minimum Gasteiger partial charge on any atom is -0.481 e. The number of hydrogen-bond acceptors (Lipinski definition) is 3. The Labute approximate surface area is 108 Å². The van der Waals surface area contributed by atoms with Crippen molar-refractivity contribution in [2.45, 2.75) is 25.8 Å². The molecule has 2 rings (SSSR count). The zero-order valence-electron chi connectivity index (χ0n) is 10.8.